The molecule has 0 radical (unpaired) electrons. The molecule has 0 spiro atoms. The second kappa shape index (κ2) is 10.2. The van der Waals surface area contributed by atoms with Crippen molar-refractivity contribution < 1.29 is 14.0 Å². The van der Waals surface area contributed by atoms with Crippen molar-refractivity contribution in [2.24, 2.45) is 0 Å². The number of hydrogen-bond acceptors (Lipinski definition) is 4. The molecule has 6 nitrogen and oxygen atoms in total. The van der Waals surface area contributed by atoms with Gasteiger partial charge in [-0.2, -0.15) is 5.26 Å². The molecule has 146 valence electrons. The van der Waals surface area contributed by atoms with Gasteiger partial charge >= 0.3 is 0 Å². The first kappa shape index (κ1) is 21.1. The van der Waals surface area contributed by atoms with Crippen LogP contribution in [0.2, 0.25) is 0 Å². The van der Waals surface area contributed by atoms with E-state index in [9.17, 15) is 14.0 Å². The fraction of sp³-hybridized carbons (Fsp3) is 0.286. The maximum Gasteiger partial charge on any atom is 0.241 e. The van der Waals surface area contributed by atoms with Crippen molar-refractivity contribution in [3.8, 4) is 6.07 Å². The fourth-order valence-electron chi connectivity index (χ4n) is 2.67. The number of hydrogen-bond donors (Lipinski definition) is 1. The van der Waals surface area contributed by atoms with Gasteiger partial charge < -0.3 is 10.2 Å². The van der Waals surface area contributed by atoms with E-state index in [1.807, 2.05) is 37.3 Å². The predicted octanol–water partition coefficient (Wildman–Crippen LogP) is 2.95. The summed E-state index contributed by atoms with van der Waals surface area (Å²) in [6.45, 7) is 2.22. The molecule has 0 bridgehead atoms. The van der Waals surface area contributed by atoms with E-state index in [1.54, 1.807) is 22.9 Å². The first-order valence-electron chi connectivity index (χ1n) is 8.87. The zero-order chi connectivity index (χ0) is 20.5. The molecular formula is C21H23FN4O2. The van der Waals surface area contributed by atoms with Crippen molar-refractivity contribution in [2.45, 2.75) is 13.3 Å². The van der Waals surface area contributed by atoms with E-state index in [0.717, 1.165) is 5.56 Å². The molecule has 0 aliphatic carbocycles. The number of aryl methyl sites for hydroxylation is 1. The highest BCUT2D eigenvalue weighted by molar-refractivity contribution is 5.96. The monoisotopic (exact) mass is 382 g/mol. The second-order valence-electron chi connectivity index (χ2n) is 6.52. The van der Waals surface area contributed by atoms with Gasteiger partial charge in [0.25, 0.3) is 0 Å². The Morgan fingerprint density at radius 1 is 1.14 bits per heavy atom. The minimum Gasteiger partial charge on any atom is -0.325 e. The van der Waals surface area contributed by atoms with E-state index < -0.39 is 5.82 Å². The second-order valence-corrected chi connectivity index (χ2v) is 6.52. The lowest BCUT2D eigenvalue weighted by molar-refractivity contribution is -0.121. The molecule has 0 aromatic heterocycles. The average Bonchev–Trinajstić information content (AvgIpc) is 2.63. The van der Waals surface area contributed by atoms with Gasteiger partial charge in [0.1, 0.15) is 5.82 Å². The van der Waals surface area contributed by atoms with Crippen LogP contribution in [0.3, 0.4) is 0 Å². The lowest BCUT2D eigenvalue weighted by Crippen LogP contribution is -2.42. The predicted molar refractivity (Wildman–Crippen MR) is 106 cm³/mol. The summed E-state index contributed by atoms with van der Waals surface area (Å²) in [6, 6.07) is 15.1. The van der Waals surface area contributed by atoms with Crippen molar-refractivity contribution in [1.29, 1.82) is 5.26 Å². The van der Waals surface area contributed by atoms with Crippen molar-refractivity contribution in [3.05, 3.63) is 59.9 Å². The molecule has 0 aliphatic rings. The van der Waals surface area contributed by atoms with Gasteiger partial charge in [0.2, 0.25) is 11.8 Å². The summed E-state index contributed by atoms with van der Waals surface area (Å²) >= 11 is 0. The lowest BCUT2D eigenvalue weighted by atomic mass is 10.2. The van der Waals surface area contributed by atoms with Crippen LogP contribution in [0.1, 0.15) is 12.0 Å². The van der Waals surface area contributed by atoms with Crippen LogP contribution in [0.15, 0.2) is 48.5 Å². The molecule has 1 N–H and O–H groups in total. The Bertz CT molecular complexity index is 861. The minimum absolute atomic E-state index is 0.00980. The molecule has 7 heteroatoms. The van der Waals surface area contributed by atoms with E-state index in [-0.39, 0.29) is 37.9 Å². The van der Waals surface area contributed by atoms with Gasteiger partial charge in [-0.25, -0.2) is 4.39 Å². The molecular weight excluding hydrogens is 359 g/mol. The van der Waals surface area contributed by atoms with Gasteiger partial charge in [-0.1, -0.05) is 23.8 Å². The Kier molecular flexibility index (Phi) is 7.66. The van der Waals surface area contributed by atoms with Crippen LogP contribution in [-0.2, 0) is 9.59 Å². The summed E-state index contributed by atoms with van der Waals surface area (Å²) < 4.78 is 13.2. The molecule has 0 aliphatic heterocycles. The number of anilines is 2. The number of amides is 2. The number of carbonyl (C=O) groups is 2. The van der Waals surface area contributed by atoms with E-state index in [0.29, 0.717) is 11.4 Å². The Hall–Kier alpha value is -3.24. The van der Waals surface area contributed by atoms with Crippen LogP contribution >= 0.6 is 0 Å². The highest BCUT2D eigenvalue weighted by Gasteiger charge is 2.18. The standard InChI is InChI=1S/C21H23FN4O2/c1-16-7-9-19(10-8-16)26(12-4-11-23)21(28)15-25(2)14-20(27)24-18-6-3-5-17(22)13-18/h3,5-10,13H,4,12,14-15H2,1-2H3,(H,24,27). The molecule has 0 fully saturated rings. The Labute approximate surface area is 164 Å². The van der Waals surface area contributed by atoms with E-state index in [1.165, 1.54) is 18.2 Å². The number of rotatable bonds is 8. The van der Waals surface area contributed by atoms with Crippen LogP contribution in [0, 0.1) is 24.1 Å². The van der Waals surface area contributed by atoms with E-state index >= 15 is 0 Å². The first-order valence-corrected chi connectivity index (χ1v) is 8.87. The maximum atomic E-state index is 13.2. The van der Waals surface area contributed by atoms with Crippen LogP contribution in [0.4, 0.5) is 15.8 Å². The molecule has 2 amide bonds. The number of likely N-dealkylation sites (N-methyl/N-ethyl adjacent to an activating group) is 1. The summed E-state index contributed by atoms with van der Waals surface area (Å²) in [5, 5.41) is 11.5. The van der Waals surface area contributed by atoms with E-state index in [2.05, 4.69) is 5.32 Å². The summed E-state index contributed by atoms with van der Waals surface area (Å²) in [5.41, 5.74) is 2.14. The molecule has 2 rings (SSSR count). The highest BCUT2D eigenvalue weighted by atomic mass is 19.1. The largest absolute Gasteiger partial charge is 0.325 e. The minimum atomic E-state index is -0.437. The number of carbonyl (C=O) groups excluding carboxylic acids is 2. The van der Waals surface area contributed by atoms with Crippen molar-refractivity contribution in [2.75, 3.05) is 36.9 Å². The summed E-state index contributed by atoms with van der Waals surface area (Å²) in [5.74, 6) is -0.993. The molecule has 2 aromatic rings. The third kappa shape index (κ3) is 6.49. The summed E-state index contributed by atoms with van der Waals surface area (Å²) in [7, 11) is 1.65. The van der Waals surface area contributed by atoms with Gasteiger partial charge in [-0.3, -0.25) is 14.5 Å². The number of nitrogens with zero attached hydrogens (tertiary/aromatic N) is 3. The average molecular weight is 382 g/mol. The van der Waals surface area contributed by atoms with Gasteiger partial charge in [0.15, 0.2) is 0 Å². The zero-order valence-electron chi connectivity index (χ0n) is 16.0. The number of nitrogens with one attached hydrogen (secondary N) is 1. The molecule has 28 heavy (non-hydrogen) atoms. The van der Waals surface area contributed by atoms with E-state index in [4.69, 9.17) is 5.26 Å². The third-order valence-corrected chi connectivity index (χ3v) is 4.02. The zero-order valence-corrected chi connectivity index (χ0v) is 16.0. The Morgan fingerprint density at radius 3 is 2.50 bits per heavy atom. The summed E-state index contributed by atoms with van der Waals surface area (Å²) in [4.78, 5) is 28.0. The Balaban J connectivity index is 1.96. The smallest absolute Gasteiger partial charge is 0.241 e. The number of halogens is 1. The van der Waals surface area contributed by atoms with Gasteiger partial charge in [0, 0.05) is 17.9 Å². The molecule has 0 unspecified atom stereocenters. The van der Waals surface area contributed by atoms with Crippen LogP contribution in [0.25, 0.3) is 0 Å². The van der Waals surface area contributed by atoms with Gasteiger partial charge in [-0.05, 0) is 44.3 Å². The van der Waals surface area contributed by atoms with Gasteiger partial charge in [-0.15, -0.1) is 0 Å². The topological polar surface area (TPSA) is 76.4 Å². The van der Waals surface area contributed by atoms with Gasteiger partial charge in [0.05, 0.1) is 25.6 Å². The maximum absolute atomic E-state index is 13.2. The SMILES string of the molecule is Cc1ccc(N(CCC#N)C(=O)CN(C)CC(=O)Nc2cccc(F)c2)cc1. The third-order valence-electron chi connectivity index (χ3n) is 4.02. The van der Waals surface area contributed by atoms with Crippen molar-refractivity contribution in [1.82, 2.24) is 4.90 Å². The molecule has 0 saturated heterocycles. The number of nitriles is 1. The first-order chi connectivity index (χ1) is 13.4. The summed E-state index contributed by atoms with van der Waals surface area (Å²) in [6.07, 6.45) is 0.212. The van der Waals surface area contributed by atoms with Crippen molar-refractivity contribution in [3.63, 3.8) is 0 Å². The van der Waals surface area contributed by atoms with Crippen LogP contribution in [0.5, 0.6) is 0 Å². The van der Waals surface area contributed by atoms with Crippen LogP contribution < -0.4 is 10.2 Å². The molecule has 0 heterocycles. The normalized spacial score (nSPS) is 10.4. The molecule has 0 atom stereocenters. The number of benzene rings is 2. The lowest BCUT2D eigenvalue weighted by Gasteiger charge is -2.25. The highest BCUT2D eigenvalue weighted by Crippen LogP contribution is 2.16. The quantitative estimate of drug-likeness (QED) is 0.762. The Morgan fingerprint density at radius 2 is 1.86 bits per heavy atom. The molecule has 0 saturated carbocycles. The van der Waals surface area contributed by atoms with Crippen LogP contribution in [-0.4, -0.2) is 43.4 Å². The van der Waals surface area contributed by atoms with Crippen molar-refractivity contribution >= 4 is 23.2 Å². The fourth-order valence-corrected chi connectivity index (χ4v) is 2.67. The molecule has 2 aromatic carbocycles.